The predicted octanol–water partition coefficient (Wildman–Crippen LogP) is 12.1. The lowest BCUT2D eigenvalue weighted by Crippen LogP contribution is -2.39. The van der Waals surface area contributed by atoms with Gasteiger partial charge in [0.25, 0.3) is 0 Å². The minimum Gasteiger partial charge on any atom is -0.592 e. The van der Waals surface area contributed by atoms with Crippen LogP contribution in [0.25, 0.3) is 0 Å². The Kier molecular flexibility index (Phi) is 12.8. The van der Waals surface area contributed by atoms with Crippen molar-refractivity contribution in [1.82, 2.24) is 0 Å². The Morgan fingerprint density at radius 3 is 0.596 bits per heavy atom. The molecule has 57 heavy (non-hydrogen) atoms. The molecule has 0 amide bonds. The molecule has 0 N–H and O–H groups in total. The molecule has 0 unspecified atom stereocenters. The molecule has 0 atom stereocenters. The molecule has 0 saturated carbocycles. The normalized spacial score (nSPS) is 22.7. The highest BCUT2D eigenvalue weighted by Crippen LogP contribution is 2.87. The highest BCUT2D eigenvalue weighted by molar-refractivity contribution is 7.81. The van der Waals surface area contributed by atoms with E-state index >= 15 is 14.7 Å². The Morgan fingerprint density at radius 1 is 0.333 bits per heavy atom. The van der Waals surface area contributed by atoms with Crippen molar-refractivity contribution < 1.29 is 41.2 Å². The number of benzene rings is 3. The summed E-state index contributed by atoms with van der Waals surface area (Å²) in [5.41, 5.74) is 3.90. The summed E-state index contributed by atoms with van der Waals surface area (Å²) in [5, 5.41) is 0. The average molecular weight is 847 g/mol. The van der Waals surface area contributed by atoms with Gasteiger partial charge in [-0.1, -0.05) is 178 Å². The Labute approximate surface area is 346 Å². The molecule has 1 heterocycles. The molecule has 4 rings (SSSR count). The summed E-state index contributed by atoms with van der Waals surface area (Å²) in [6, 6.07) is 11.7. The summed E-state index contributed by atoms with van der Waals surface area (Å²) in [5.74, 6) is 0.600. The van der Waals surface area contributed by atoms with Gasteiger partial charge in [-0.25, -0.2) is 0 Å². The van der Waals surface area contributed by atoms with Gasteiger partial charge in [0.1, 0.15) is 0 Å². The first-order chi connectivity index (χ1) is 25.3. The van der Waals surface area contributed by atoms with Crippen molar-refractivity contribution >= 4 is 24.5 Å². The van der Waals surface area contributed by atoms with Crippen molar-refractivity contribution in [2.45, 2.75) is 178 Å². The van der Waals surface area contributed by atoms with E-state index < -0.39 is 57.0 Å². The molecule has 0 spiro atoms. The van der Waals surface area contributed by atoms with E-state index in [-0.39, 0.29) is 17.2 Å². The van der Waals surface area contributed by atoms with E-state index in [1.807, 2.05) is 182 Å². The van der Waals surface area contributed by atoms with Crippen LogP contribution in [0.1, 0.15) is 175 Å². The molecule has 318 valence electrons. The van der Waals surface area contributed by atoms with E-state index in [2.05, 4.69) is 0 Å². The second kappa shape index (κ2) is 15.2. The fraction of sp³-hybridized carbons (Fsp3) is 0.600. The number of rotatable bonds is 6. The molecular formula is C45H69O9P3. The molecule has 1 aliphatic heterocycles. The van der Waals surface area contributed by atoms with Gasteiger partial charge in [-0.15, -0.1) is 0 Å². The van der Waals surface area contributed by atoms with Crippen molar-refractivity contribution in [2.75, 3.05) is 0 Å². The van der Waals surface area contributed by atoms with E-state index in [0.29, 0.717) is 33.4 Å². The molecule has 3 aromatic carbocycles. The van der Waals surface area contributed by atoms with Crippen LogP contribution < -0.4 is 28.3 Å². The van der Waals surface area contributed by atoms with Crippen LogP contribution >= 0.6 is 24.5 Å². The van der Waals surface area contributed by atoms with Crippen molar-refractivity contribution in [1.29, 1.82) is 0 Å². The lowest BCUT2D eigenvalue weighted by Gasteiger charge is -2.39. The molecule has 3 aromatic rings. The zero-order valence-electron chi connectivity index (χ0n) is 38.5. The second-order valence-corrected chi connectivity index (χ2v) is 27.1. The minimum absolute atomic E-state index is 0.200. The first-order valence-electron chi connectivity index (χ1n) is 19.8. The van der Waals surface area contributed by atoms with Crippen LogP contribution in [-0.2, 0) is 45.4 Å². The Bertz CT molecular complexity index is 1640. The van der Waals surface area contributed by atoms with Gasteiger partial charge < -0.3 is 14.7 Å². The second-order valence-electron chi connectivity index (χ2n) is 21.9. The molecule has 12 heteroatoms. The predicted molar refractivity (Wildman–Crippen MR) is 232 cm³/mol. The quantitative estimate of drug-likeness (QED) is 0.223. The monoisotopic (exact) mass is 846 g/mol. The summed E-state index contributed by atoms with van der Waals surface area (Å²) < 4.78 is 37.1. The van der Waals surface area contributed by atoms with Gasteiger partial charge in [0.05, 0.1) is 0 Å². The van der Waals surface area contributed by atoms with Crippen LogP contribution in [0.2, 0.25) is 0 Å². The zero-order chi connectivity index (χ0) is 43.9. The SMILES string of the molecule is Cc1cc(C(C)(C)C)c(O[P+]2([O-])O[P+]([O-])(Oc3c(C(C)(C)C)cc(C)cc3C(C)(C)C)O[P+]([O-])(Oc3c(C(C)(C)C)cc(C)cc3C(C)(C)C)O2)c(C(C)(C)C)c1. The molecule has 0 aromatic heterocycles. The maximum Gasteiger partial charge on any atom is 0.535 e. The fourth-order valence-electron chi connectivity index (χ4n) is 6.80. The highest BCUT2D eigenvalue weighted by atomic mass is 31.4. The van der Waals surface area contributed by atoms with E-state index in [4.69, 9.17) is 26.5 Å². The smallest absolute Gasteiger partial charge is 0.535 e. The summed E-state index contributed by atoms with van der Waals surface area (Å²) in [4.78, 5) is 46.3. The Hall–Kier alpha value is -1.89. The fourth-order valence-corrected chi connectivity index (χ4v) is 13.0. The topological polar surface area (TPSA) is 125 Å². The standard InChI is InChI=1S/C45H69O9P3/c1-28-22-31(40(4,5)6)37(32(23-28)41(7,8)9)49-55(46)52-56(47,50-38-33(42(10,11)12)24-29(2)25-34(38)43(13,14)15)54-57(48,53-55)51-39-35(44(16,17)18)26-30(3)27-36(39)45(19,20)21/h22-27H,1-21H3. The number of phosphoric acid groups is 3. The van der Waals surface area contributed by atoms with E-state index in [9.17, 15) is 0 Å². The molecule has 0 radical (unpaired) electrons. The van der Waals surface area contributed by atoms with Crippen molar-refractivity contribution in [3.63, 3.8) is 0 Å². The minimum atomic E-state index is -5.20. The molecule has 9 nitrogen and oxygen atoms in total. The van der Waals surface area contributed by atoms with Crippen molar-refractivity contribution in [3.05, 3.63) is 86.5 Å². The van der Waals surface area contributed by atoms with E-state index in [1.54, 1.807) is 0 Å². The van der Waals surface area contributed by atoms with Gasteiger partial charge in [-0.05, 0) is 53.3 Å². The van der Waals surface area contributed by atoms with Gasteiger partial charge in [0, 0.05) is 46.3 Å². The first-order valence-corrected chi connectivity index (χ1v) is 24.1. The van der Waals surface area contributed by atoms with Crippen LogP contribution in [0.4, 0.5) is 0 Å². The number of hydrogen-bond donors (Lipinski definition) is 0. The van der Waals surface area contributed by atoms with Gasteiger partial charge in [-0.3, -0.25) is 13.6 Å². The maximum absolute atomic E-state index is 15.4. The van der Waals surface area contributed by atoms with E-state index in [1.165, 1.54) is 0 Å². The third-order valence-corrected chi connectivity index (χ3v) is 15.8. The average Bonchev–Trinajstić information content (AvgIpc) is 2.95. The molecule has 1 saturated heterocycles. The summed E-state index contributed by atoms with van der Waals surface area (Å²) in [6.07, 6.45) is 0. The largest absolute Gasteiger partial charge is 0.592 e. The molecule has 0 bridgehead atoms. The Balaban J connectivity index is 2.07. The van der Waals surface area contributed by atoms with Crippen LogP contribution in [0.3, 0.4) is 0 Å². The van der Waals surface area contributed by atoms with Crippen molar-refractivity contribution in [3.8, 4) is 17.2 Å². The van der Waals surface area contributed by atoms with Crippen LogP contribution in [0.15, 0.2) is 36.4 Å². The lowest BCUT2D eigenvalue weighted by atomic mass is 9.78. The van der Waals surface area contributed by atoms with Crippen LogP contribution in [0, 0.1) is 20.8 Å². The van der Waals surface area contributed by atoms with E-state index in [0.717, 1.165) is 16.7 Å². The van der Waals surface area contributed by atoms with Crippen LogP contribution in [-0.4, -0.2) is 0 Å². The third kappa shape index (κ3) is 11.1. The van der Waals surface area contributed by atoms with Gasteiger partial charge >= 0.3 is 24.5 Å². The third-order valence-electron chi connectivity index (χ3n) is 9.76. The lowest BCUT2D eigenvalue weighted by molar-refractivity contribution is -0.285. The molecule has 1 aliphatic rings. The molecular weight excluding hydrogens is 777 g/mol. The van der Waals surface area contributed by atoms with Crippen molar-refractivity contribution in [2.24, 2.45) is 0 Å². The summed E-state index contributed by atoms with van der Waals surface area (Å²) in [7, 11) is -15.6. The number of hydrogen-bond acceptors (Lipinski definition) is 9. The summed E-state index contributed by atoms with van der Waals surface area (Å²) in [6.45, 7) is 42.0. The summed E-state index contributed by atoms with van der Waals surface area (Å²) >= 11 is 0. The highest BCUT2D eigenvalue weighted by Gasteiger charge is 2.75. The van der Waals surface area contributed by atoms with Gasteiger partial charge in [-0.2, -0.15) is 0 Å². The van der Waals surface area contributed by atoms with Crippen LogP contribution in [0.5, 0.6) is 17.2 Å². The molecule has 0 aliphatic carbocycles. The molecule has 1 fully saturated rings. The van der Waals surface area contributed by atoms with Gasteiger partial charge in [0.2, 0.25) is 0 Å². The van der Waals surface area contributed by atoms with Gasteiger partial charge in [0.15, 0.2) is 17.2 Å². The Morgan fingerprint density at radius 2 is 0.474 bits per heavy atom. The zero-order valence-corrected chi connectivity index (χ0v) is 41.2. The number of aryl methyl sites for hydroxylation is 3. The maximum atomic E-state index is 15.4. The first kappa shape index (κ1) is 47.8.